The van der Waals surface area contributed by atoms with Crippen LogP contribution < -0.4 is 26.4 Å². The lowest BCUT2D eigenvalue weighted by atomic mass is 9.35. The molecule has 0 atom stereocenters. The fraction of sp³-hybridized carbons (Fsp3) is 0.385. The van der Waals surface area contributed by atoms with Crippen molar-refractivity contribution in [2.75, 3.05) is 9.80 Å². The van der Waals surface area contributed by atoms with E-state index in [4.69, 9.17) is 8.83 Å². The number of anilines is 6. The van der Waals surface area contributed by atoms with E-state index < -0.39 is 0 Å². The third-order valence-electron chi connectivity index (χ3n) is 15.1. The van der Waals surface area contributed by atoms with Crippen molar-refractivity contribution in [3.05, 3.63) is 148 Å². The van der Waals surface area contributed by atoms with Crippen LogP contribution in [0.4, 0.5) is 34.1 Å². The molecule has 0 amide bonds. The Bertz CT molecular complexity index is 3370. The number of hydrogen-bond donors (Lipinski definition) is 0. The SMILES string of the molecule is Cc1cc2c3c(c1)N(c1ccc(C(C)(C)C)cc1-c1ccc(C(C)(C)C)cc1)c1c(oc4ccc(C(C)(C)C)cc14)B3c1c(cc(C(C)(C)C)c3cc(C(C)(C)C)oc13)N2c1ccc(C(C)(C)C)cc1. The molecule has 0 saturated carbocycles. The molecule has 0 bridgehead atoms. The highest BCUT2D eigenvalue weighted by atomic mass is 16.3. The van der Waals surface area contributed by atoms with Gasteiger partial charge in [0.25, 0.3) is 0 Å². The molecule has 2 aliphatic heterocycles. The minimum atomic E-state index is -0.277. The molecule has 6 aromatic carbocycles. The molecule has 0 aliphatic carbocycles. The number of furan rings is 2. The van der Waals surface area contributed by atoms with Crippen LogP contribution in [-0.2, 0) is 32.5 Å². The lowest BCUT2D eigenvalue weighted by molar-refractivity contribution is 0.431. The number of hydrogen-bond acceptors (Lipinski definition) is 4. The van der Waals surface area contributed by atoms with Gasteiger partial charge in [-0.3, -0.25) is 0 Å². The van der Waals surface area contributed by atoms with Crippen LogP contribution >= 0.6 is 0 Å². The Labute approximate surface area is 419 Å². The van der Waals surface area contributed by atoms with Gasteiger partial charge in [-0.15, -0.1) is 0 Å². The molecule has 0 unspecified atom stereocenters. The summed E-state index contributed by atoms with van der Waals surface area (Å²) in [5, 5.41) is 2.29. The monoisotopic (exact) mass is 927 g/mol. The Balaban J connectivity index is 1.38. The van der Waals surface area contributed by atoms with E-state index in [0.29, 0.717) is 0 Å². The first-order chi connectivity index (χ1) is 32.4. The summed E-state index contributed by atoms with van der Waals surface area (Å²) in [6.07, 6.45) is 0. The normalized spacial score (nSPS) is 14.4. The molecular weight excluding hydrogens is 852 g/mol. The van der Waals surface area contributed by atoms with Gasteiger partial charge in [0.05, 0.1) is 17.0 Å². The summed E-state index contributed by atoms with van der Waals surface area (Å²) >= 11 is 0. The highest BCUT2D eigenvalue weighted by Crippen LogP contribution is 2.52. The average Bonchev–Trinajstić information content (AvgIpc) is 3.87. The zero-order valence-electron chi connectivity index (χ0n) is 45.7. The highest BCUT2D eigenvalue weighted by Gasteiger charge is 2.49. The standard InChI is InChI=1S/C65H75BN2O2/c1-38-32-50-55-51(33-38)68(49-30-26-42(62(8,9)10)34-45(49)39-20-22-40(23-21-39)60(2,3)4)57-47-35-43(63(11,12)13)27-31-53(47)69-59(57)66(55)56-52(67(50)44-28-24-41(25-29-44)61(5,6)7)37-48(64(14,15)16)46-36-54(65(17,18)19)70-58(46)56/h20-37H,1-19H3. The van der Waals surface area contributed by atoms with Gasteiger partial charge in [0.1, 0.15) is 16.9 Å². The molecule has 4 nitrogen and oxygen atoms in total. The van der Waals surface area contributed by atoms with Crippen LogP contribution in [0.5, 0.6) is 0 Å². The minimum Gasteiger partial charge on any atom is -0.468 e. The first kappa shape index (κ1) is 47.7. The summed E-state index contributed by atoms with van der Waals surface area (Å²) in [6.45, 7) is 43.4. The van der Waals surface area contributed by atoms with E-state index in [0.717, 1.165) is 67.6 Å². The molecule has 0 fully saturated rings. The van der Waals surface area contributed by atoms with Crippen molar-refractivity contribution >= 4 is 79.4 Å². The number of aryl methyl sites for hydroxylation is 1. The molecule has 0 saturated heterocycles. The van der Waals surface area contributed by atoms with Crippen LogP contribution in [0.25, 0.3) is 33.1 Å². The molecule has 5 heteroatoms. The van der Waals surface area contributed by atoms with Gasteiger partial charge in [0.2, 0.25) is 0 Å². The van der Waals surface area contributed by atoms with Crippen LogP contribution in [-0.4, -0.2) is 6.71 Å². The van der Waals surface area contributed by atoms with Gasteiger partial charge in [0.15, 0.2) is 0 Å². The molecule has 2 aliphatic rings. The Morgan fingerprint density at radius 2 is 0.929 bits per heavy atom. The van der Waals surface area contributed by atoms with E-state index in [9.17, 15) is 0 Å². The van der Waals surface area contributed by atoms with Gasteiger partial charge in [0, 0.05) is 50.0 Å². The van der Waals surface area contributed by atoms with Crippen LogP contribution in [0.2, 0.25) is 0 Å². The van der Waals surface area contributed by atoms with Crippen molar-refractivity contribution in [1.82, 2.24) is 0 Å². The van der Waals surface area contributed by atoms with Gasteiger partial charge in [-0.25, -0.2) is 0 Å². The van der Waals surface area contributed by atoms with Crippen molar-refractivity contribution in [2.24, 2.45) is 0 Å². The number of nitrogens with zero attached hydrogens (tertiary/aromatic N) is 2. The van der Waals surface area contributed by atoms with E-state index in [1.807, 2.05) is 0 Å². The third kappa shape index (κ3) is 7.82. The van der Waals surface area contributed by atoms with E-state index in [-0.39, 0.29) is 39.2 Å². The van der Waals surface area contributed by atoms with Gasteiger partial charge >= 0.3 is 6.71 Å². The second-order valence-electron chi connectivity index (χ2n) is 26.9. The summed E-state index contributed by atoms with van der Waals surface area (Å²) in [6, 6.07) is 42.4. The van der Waals surface area contributed by atoms with E-state index in [2.05, 4.69) is 251 Å². The molecule has 10 rings (SSSR count). The van der Waals surface area contributed by atoms with Crippen LogP contribution in [0.1, 0.15) is 164 Å². The number of rotatable bonds is 3. The molecule has 0 N–H and O–H groups in total. The fourth-order valence-electron chi connectivity index (χ4n) is 10.9. The quantitative estimate of drug-likeness (QED) is 0.165. The van der Waals surface area contributed by atoms with Crippen LogP contribution in [0.3, 0.4) is 0 Å². The summed E-state index contributed by atoms with van der Waals surface area (Å²) in [7, 11) is 0. The van der Waals surface area contributed by atoms with Crippen molar-refractivity contribution in [2.45, 2.75) is 164 Å². The van der Waals surface area contributed by atoms with E-state index >= 15 is 0 Å². The number of fused-ring (bicyclic) bond motifs is 8. The van der Waals surface area contributed by atoms with Crippen LogP contribution in [0, 0.1) is 6.92 Å². The van der Waals surface area contributed by atoms with Crippen molar-refractivity contribution in [3.63, 3.8) is 0 Å². The van der Waals surface area contributed by atoms with E-state index in [1.54, 1.807) is 0 Å². The summed E-state index contributed by atoms with van der Waals surface area (Å²) in [4.78, 5) is 5.11. The van der Waals surface area contributed by atoms with Gasteiger partial charge < -0.3 is 18.6 Å². The predicted molar refractivity (Wildman–Crippen MR) is 302 cm³/mol. The molecule has 0 radical (unpaired) electrons. The summed E-state index contributed by atoms with van der Waals surface area (Å²) in [5.41, 5.74) is 21.4. The largest absolute Gasteiger partial charge is 0.468 e. The first-order valence-corrected chi connectivity index (χ1v) is 25.7. The van der Waals surface area contributed by atoms with Crippen molar-refractivity contribution in [3.8, 4) is 11.1 Å². The zero-order valence-corrected chi connectivity index (χ0v) is 45.7. The fourth-order valence-corrected chi connectivity index (χ4v) is 10.9. The topological polar surface area (TPSA) is 32.8 Å². The smallest absolute Gasteiger partial charge is 0.301 e. The van der Waals surface area contributed by atoms with Crippen molar-refractivity contribution in [1.29, 1.82) is 0 Å². The Morgan fingerprint density at radius 3 is 1.49 bits per heavy atom. The third-order valence-corrected chi connectivity index (χ3v) is 15.1. The maximum atomic E-state index is 7.54. The lowest BCUT2D eigenvalue weighted by Gasteiger charge is -2.43. The second-order valence-corrected chi connectivity index (χ2v) is 26.9. The molecule has 2 aromatic heterocycles. The Morgan fingerprint density at radius 1 is 0.414 bits per heavy atom. The molecule has 4 heterocycles. The minimum absolute atomic E-state index is 0.00733. The predicted octanol–water partition coefficient (Wildman–Crippen LogP) is 17.0. The lowest BCUT2D eigenvalue weighted by Crippen LogP contribution is -2.61. The maximum absolute atomic E-state index is 7.54. The molecule has 70 heavy (non-hydrogen) atoms. The van der Waals surface area contributed by atoms with Crippen molar-refractivity contribution < 1.29 is 8.83 Å². The van der Waals surface area contributed by atoms with Gasteiger partial charge in [-0.2, -0.15) is 0 Å². The molecule has 0 spiro atoms. The second kappa shape index (κ2) is 15.5. The van der Waals surface area contributed by atoms with E-state index in [1.165, 1.54) is 55.4 Å². The van der Waals surface area contributed by atoms with Gasteiger partial charge in [-0.1, -0.05) is 173 Å². The molecular formula is C65H75BN2O2. The van der Waals surface area contributed by atoms with Crippen LogP contribution in [0.15, 0.2) is 118 Å². The summed E-state index contributed by atoms with van der Waals surface area (Å²) < 4.78 is 14.9. The summed E-state index contributed by atoms with van der Waals surface area (Å²) in [5.74, 6) is 0.982. The Hall–Kier alpha value is -5.94. The maximum Gasteiger partial charge on any atom is 0.301 e. The van der Waals surface area contributed by atoms with Gasteiger partial charge in [-0.05, 0) is 139 Å². The average molecular weight is 927 g/mol. The molecule has 360 valence electrons. The number of benzene rings is 6. The first-order valence-electron chi connectivity index (χ1n) is 25.7. The zero-order chi connectivity index (χ0) is 50.6. The highest BCUT2D eigenvalue weighted by molar-refractivity contribution is 7.01. The molecule has 8 aromatic rings. The Kier molecular flexibility index (Phi) is 10.6.